The minimum absolute atomic E-state index is 0.00391. The van der Waals surface area contributed by atoms with Gasteiger partial charge in [0.2, 0.25) is 0 Å². The van der Waals surface area contributed by atoms with E-state index in [0.717, 1.165) is 12.1 Å². The highest BCUT2D eigenvalue weighted by molar-refractivity contribution is 6.34. The molecule has 12 heteroatoms. The normalized spacial score (nSPS) is 16.2. The first-order valence-corrected chi connectivity index (χ1v) is 9.84. The maximum Gasteiger partial charge on any atom is 0.270 e. The van der Waals surface area contributed by atoms with E-state index >= 15 is 0 Å². The van der Waals surface area contributed by atoms with Crippen LogP contribution in [-0.2, 0) is 0 Å². The molecule has 1 fully saturated rings. The Hall–Kier alpha value is -3.24. The molecule has 0 radical (unpaired) electrons. The van der Waals surface area contributed by atoms with E-state index in [-0.39, 0.29) is 52.2 Å². The average Bonchev–Trinajstić information content (AvgIpc) is 2.73. The van der Waals surface area contributed by atoms with E-state index in [1.165, 1.54) is 34.1 Å². The fourth-order valence-electron chi connectivity index (χ4n) is 3.35. The predicted octanol–water partition coefficient (Wildman–Crippen LogP) is 3.80. The number of benzene rings is 2. The number of non-ortho nitro benzene ring substituents is 2. The Kier molecular flexibility index (Phi) is 6.42. The van der Waals surface area contributed by atoms with Gasteiger partial charge in [0.25, 0.3) is 23.2 Å². The summed E-state index contributed by atoms with van der Waals surface area (Å²) in [4.78, 5) is 49.5. The molecule has 0 saturated carbocycles. The van der Waals surface area contributed by atoms with Gasteiger partial charge in [-0.25, -0.2) is 0 Å². The molecule has 1 aliphatic rings. The Morgan fingerprint density at radius 1 is 0.903 bits per heavy atom. The fourth-order valence-corrected chi connectivity index (χ4v) is 3.75. The molecular weight excluding hydrogens is 451 g/mol. The standard InChI is InChI=1S/C19H16Cl2N4O6/c1-11-10-22(18(26)14-8-12(24(28)29)2-4-16(14)20)6-7-23(11)19(27)15-9-13(25(30)31)3-5-17(15)21/h2-5,8-9,11H,6-7,10H2,1H3. The second-order valence-corrected chi connectivity index (χ2v) is 7.76. The number of rotatable bonds is 4. The van der Waals surface area contributed by atoms with Crippen LogP contribution in [0.2, 0.25) is 10.0 Å². The number of nitro groups is 2. The lowest BCUT2D eigenvalue weighted by Gasteiger charge is -2.40. The Bertz CT molecular complexity index is 1090. The number of hydrogen-bond donors (Lipinski definition) is 0. The molecule has 1 unspecified atom stereocenters. The van der Waals surface area contributed by atoms with Crippen molar-refractivity contribution >= 4 is 46.4 Å². The molecule has 162 valence electrons. The van der Waals surface area contributed by atoms with E-state index < -0.39 is 27.7 Å². The smallest absolute Gasteiger partial charge is 0.270 e. The van der Waals surface area contributed by atoms with Crippen LogP contribution in [0.1, 0.15) is 27.6 Å². The van der Waals surface area contributed by atoms with E-state index in [1.54, 1.807) is 6.92 Å². The van der Waals surface area contributed by atoms with Crippen molar-refractivity contribution < 1.29 is 19.4 Å². The minimum atomic E-state index is -0.616. The number of piperazine rings is 1. The Labute approximate surface area is 186 Å². The molecule has 0 aromatic heterocycles. The van der Waals surface area contributed by atoms with Crippen molar-refractivity contribution in [1.82, 2.24) is 9.80 Å². The number of amides is 2. The number of halogens is 2. The lowest BCUT2D eigenvalue weighted by molar-refractivity contribution is -0.385. The molecule has 2 aromatic carbocycles. The lowest BCUT2D eigenvalue weighted by Crippen LogP contribution is -2.55. The quantitative estimate of drug-likeness (QED) is 0.497. The number of carbonyl (C=O) groups excluding carboxylic acids is 2. The van der Waals surface area contributed by atoms with Gasteiger partial charge in [0.15, 0.2) is 0 Å². The average molecular weight is 467 g/mol. The van der Waals surface area contributed by atoms with Crippen molar-refractivity contribution in [2.75, 3.05) is 19.6 Å². The van der Waals surface area contributed by atoms with Crippen LogP contribution in [-0.4, -0.2) is 57.1 Å². The third-order valence-corrected chi connectivity index (χ3v) is 5.62. The summed E-state index contributed by atoms with van der Waals surface area (Å²) >= 11 is 12.1. The third-order valence-electron chi connectivity index (χ3n) is 4.96. The molecular formula is C19H16Cl2N4O6. The minimum Gasteiger partial charge on any atom is -0.335 e. The van der Waals surface area contributed by atoms with Gasteiger partial charge in [0, 0.05) is 49.9 Å². The van der Waals surface area contributed by atoms with Gasteiger partial charge in [-0.1, -0.05) is 23.2 Å². The second kappa shape index (κ2) is 8.86. The lowest BCUT2D eigenvalue weighted by atomic mass is 10.1. The first-order valence-electron chi connectivity index (χ1n) is 9.08. The summed E-state index contributed by atoms with van der Waals surface area (Å²) in [7, 11) is 0. The van der Waals surface area contributed by atoms with Crippen LogP contribution in [0, 0.1) is 20.2 Å². The summed E-state index contributed by atoms with van der Waals surface area (Å²) in [6, 6.07) is 6.82. The maximum absolute atomic E-state index is 12.9. The third kappa shape index (κ3) is 4.59. The van der Waals surface area contributed by atoms with Crippen LogP contribution >= 0.6 is 23.2 Å². The zero-order chi connectivity index (χ0) is 22.9. The zero-order valence-corrected chi connectivity index (χ0v) is 17.7. The van der Waals surface area contributed by atoms with Gasteiger partial charge in [-0.05, 0) is 19.1 Å². The van der Waals surface area contributed by atoms with Crippen LogP contribution in [0.15, 0.2) is 36.4 Å². The first-order chi connectivity index (χ1) is 14.6. The zero-order valence-electron chi connectivity index (χ0n) is 16.2. The van der Waals surface area contributed by atoms with Gasteiger partial charge in [-0.3, -0.25) is 29.8 Å². The van der Waals surface area contributed by atoms with Crippen LogP contribution in [0.3, 0.4) is 0 Å². The summed E-state index contributed by atoms with van der Waals surface area (Å²) in [6.07, 6.45) is 0. The second-order valence-electron chi connectivity index (χ2n) is 6.94. The Morgan fingerprint density at radius 3 is 1.84 bits per heavy atom. The molecule has 1 saturated heterocycles. The van der Waals surface area contributed by atoms with Crippen molar-refractivity contribution in [3.8, 4) is 0 Å². The summed E-state index contributed by atoms with van der Waals surface area (Å²) in [6.45, 7) is 2.17. The summed E-state index contributed by atoms with van der Waals surface area (Å²) in [5, 5.41) is 22.2. The largest absolute Gasteiger partial charge is 0.335 e. The summed E-state index contributed by atoms with van der Waals surface area (Å²) in [5.74, 6) is -0.970. The number of hydrogen-bond acceptors (Lipinski definition) is 6. The molecule has 2 aromatic rings. The molecule has 0 N–H and O–H groups in total. The number of nitrogens with zero attached hydrogens (tertiary/aromatic N) is 4. The van der Waals surface area contributed by atoms with Crippen molar-refractivity contribution in [2.24, 2.45) is 0 Å². The SMILES string of the molecule is CC1CN(C(=O)c2cc([N+](=O)[O-])ccc2Cl)CCN1C(=O)c1cc([N+](=O)[O-])ccc1Cl. The monoisotopic (exact) mass is 466 g/mol. The molecule has 3 rings (SSSR count). The van der Waals surface area contributed by atoms with Gasteiger partial charge in [-0.2, -0.15) is 0 Å². The highest BCUT2D eigenvalue weighted by Crippen LogP contribution is 2.27. The van der Waals surface area contributed by atoms with Gasteiger partial charge >= 0.3 is 0 Å². The molecule has 1 heterocycles. The van der Waals surface area contributed by atoms with Crippen LogP contribution < -0.4 is 0 Å². The van der Waals surface area contributed by atoms with E-state index in [4.69, 9.17) is 23.2 Å². The van der Waals surface area contributed by atoms with Gasteiger partial charge in [-0.15, -0.1) is 0 Å². The van der Waals surface area contributed by atoms with Crippen LogP contribution in [0.25, 0.3) is 0 Å². The first kappa shape index (κ1) is 22.4. The molecule has 1 atom stereocenters. The summed E-state index contributed by atoms with van der Waals surface area (Å²) in [5.41, 5.74) is -0.502. The van der Waals surface area contributed by atoms with Crippen molar-refractivity contribution in [3.63, 3.8) is 0 Å². The Morgan fingerprint density at radius 2 is 1.39 bits per heavy atom. The molecule has 0 aliphatic carbocycles. The molecule has 0 spiro atoms. The van der Waals surface area contributed by atoms with E-state index in [0.29, 0.717) is 0 Å². The Balaban J connectivity index is 1.78. The predicted molar refractivity (Wildman–Crippen MR) is 113 cm³/mol. The topological polar surface area (TPSA) is 127 Å². The van der Waals surface area contributed by atoms with Crippen molar-refractivity contribution in [2.45, 2.75) is 13.0 Å². The molecule has 1 aliphatic heterocycles. The highest BCUT2D eigenvalue weighted by Gasteiger charge is 2.33. The van der Waals surface area contributed by atoms with Crippen molar-refractivity contribution in [1.29, 1.82) is 0 Å². The number of nitro benzene ring substituents is 2. The molecule has 31 heavy (non-hydrogen) atoms. The van der Waals surface area contributed by atoms with Crippen molar-refractivity contribution in [3.05, 3.63) is 77.8 Å². The summed E-state index contributed by atoms with van der Waals surface area (Å²) < 4.78 is 0. The molecule has 2 amide bonds. The van der Waals surface area contributed by atoms with Crippen LogP contribution in [0.5, 0.6) is 0 Å². The van der Waals surface area contributed by atoms with Gasteiger partial charge < -0.3 is 9.80 Å². The molecule has 10 nitrogen and oxygen atoms in total. The van der Waals surface area contributed by atoms with E-state index in [2.05, 4.69) is 0 Å². The van der Waals surface area contributed by atoms with Gasteiger partial charge in [0.05, 0.1) is 31.0 Å². The van der Waals surface area contributed by atoms with Gasteiger partial charge in [0.1, 0.15) is 0 Å². The van der Waals surface area contributed by atoms with E-state index in [9.17, 15) is 29.8 Å². The van der Waals surface area contributed by atoms with Crippen LogP contribution in [0.4, 0.5) is 11.4 Å². The maximum atomic E-state index is 12.9. The molecule has 0 bridgehead atoms. The highest BCUT2D eigenvalue weighted by atomic mass is 35.5. The number of carbonyl (C=O) groups is 2. The van der Waals surface area contributed by atoms with E-state index in [1.807, 2.05) is 0 Å². The fraction of sp³-hybridized carbons (Fsp3) is 0.263.